The number of anilines is 2. The van der Waals surface area contributed by atoms with Crippen molar-refractivity contribution >= 4 is 23.1 Å². The maximum atomic E-state index is 13.7. The van der Waals surface area contributed by atoms with Gasteiger partial charge in [0.15, 0.2) is 5.78 Å². The molecule has 5 rings (SSSR count). The zero-order valence-electron chi connectivity index (χ0n) is 19.0. The number of aromatic nitrogens is 2. The Balaban J connectivity index is 1.47. The molecular formula is C25H27N5O4. The van der Waals surface area contributed by atoms with Crippen LogP contribution in [0.4, 0.5) is 11.4 Å². The van der Waals surface area contributed by atoms with E-state index in [4.69, 9.17) is 10.5 Å². The molecule has 0 aliphatic carbocycles. The number of fused-ring (bicyclic) bond motifs is 1. The first-order chi connectivity index (χ1) is 16.5. The third-order valence-corrected chi connectivity index (χ3v) is 6.42. The number of nitrogens with two attached hydrogens (primary N) is 1. The highest BCUT2D eigenvalue weighted by Crippen LogP contribution is 2.31. The van der Waals surface area contributed by atoms with Gasteiger partial charge in [0.25, 0.3) is 5.91 Å². The molecule has 0 bridgehead atoms. The number of ketones is 1. The second kappa shape index (κ2) is 8.92. The minimum absolute atomic E-state index is 0.211. The monoisotopic (exact) mass is 461 g/mol. The maximum absolute atomic E-state index is 13.7. The summed E-state index contributed by atoms with van der Waals surface area (Å²) in [5.41, 5.74) is 9.54. The van der Waals surface area contributed by atoms with Crippen molar-refractivity contribution in [1.29, 1.82) is 0 Å². The number of aliphatic hydroxyl groups excluding tert-OH is 1. The van der Waals surface area contributed by atoms with E-state index in [9.17, 15) is 14.7 Å². The standard InChI is InChI=1S/C25H27N5O4/c1-34-20-10-8-18(9-11-20)30-23-21(22(27-30)24(26)32)12-14-29(25(23)33)17-6-4-16(5-7-17)28-13-2-3-19(31)15-28/h4-11,24,32H,2-3,12-15,26H2,1H3. The minimum atomic E-state index is -1.28. The number of aliphatic hydroxyl groups is 1. The van der Waals surface area contributed by atoms with E-state index in [1.807, 2.05) is 24.3 Å². The second-order valence-electron chi connectivity index (χ2n) is 8.55. The molecule has 34 heavy (non-hydrogen) atoms. The molecule has 1 unspecified atom stereocenters. The van der Waals surface area contributed by atoms with Crippen LogP contribution in [0.5, 0.6) is 5.75 Å². The van der Waals surface area contributed by atoms with Crippen LogP contribution in [0, 0.1) is 0 Å². The van der Waals surface area contributed by atoms with Crippen LogP contribution < -0.4 is 20.3 Å². The van der Waals surface area contributed by atoms with E-state index in [2.05, 4.69) is 10.00 Å². The van der Waals surface area contributed by atoms with Crippen molar-refractivity contribution in [2.45, 2.75) is 25.5 Å². The second-order valence-corrected chi connectivity index (χ2v) is 8.55. The van der Waals surface area contributed by atoms with Crippen LogP contribution in [0.2, 0.25) is 0 Å². The summed E-state index contributed by atoms with van der Waals surface area (Å²) in [4.78, 5) is 29.3. The Bertz CT molecular complexity index is 1220. The van der Waals surface area contributed by atoms with Gasteiger partial charge in [0.05, 0.1) is 19.3 Å². The highest BCUT2D eigenvalue weighted by Gasteiger charge is 2.34. The van der Waals surface area contributed by atoms with Gasteiger partial charge in [-0.2, -0.15) is 5.10 Å². The van der Waals surface area contributed by atoms with Crippen LogP contribution in [0.15, 0.2) is 48.5 Å². The van der Waals surface area contributed by atoms with Gasteiger partial charge in [-0.25, -0.2) is 4.68 Å². The van der Waals surface area contributed by atoms with Crippen LogP contribution in [0.25, 0.3) is 5.69 Å². The van der Waals surface area contributed by atoms with Crippen LogP contribution >= 0.6 is 0 Å². The number of ether oxygens (including phenoxy) is 1. The fraction of sp³-hybridized carbons (Fsp3) is 0.320. The van der Waals surface area contributed by atoms with Crippen LogP contribution in [-0.2, 0) is 11.2 Å². The number of carbonyl (C=O) groups excluding carboxylic acids is 2. The molecule has 9 heteroatoms. The fourth-order valence-corrected chi connectivity index (χ4v) is 4.68. The Morgan fingerprint density at radius 2 is 1.65 bits per heavy atom. The molecule has 1 saturated heterocycles. The summed E-state index contributed by atoms with van der Waals surface area (Å²) >= 11 is 0. The number of methoxy groups -OCH3 is 1. The lowest BCUT2D eigenvalue weighted by molar-refractivity contribution is -0.118. The van der Waals surface area contributed by atoms with E-state index in [-0.39, 0.29) is 11.7 Å². The zero-order valence-corrected chi connectivity index (χ0v) is 19.0. The third-order valence-electron chi connectivity index (χ3n) is 6.42. The van der Waals surface area contributed by atoms with Crippen molar-refractivity contribution < 1.29 is 19.4 Å². The summed E-state index contributed by atoms with van der Waals surface area (Å²) in [6.45, 7) is 1.72. The molecule has 0 radical (unpaired) electrons. The van der Waals surface area contributed by atoms with Gasteiger partial charge in [-0.15, -0.1) is 0 Å². The highest BCUT2D eigenvalue weighted by atomic mass is 16.5. The lowest BCUT2D eigenvalue weighted by atomic mass is 10.0. The van der Waals surface area contributed by atoms with Gasteiger partial charge in [-0.1, -0.05) is 0 Å². The number of amides is 1. The van der Waals surface area contributed by atoms with Gasteiger partial charge in [-0.05, 0) is 61.4 Å². The van der Waals surface area contributed by atoms with Crippen LogP contribution in [0.1, 0.15) is 40.8 Å². The number of nitrogens with zero attached hydrogens (tertiary/aromatic N) is 4. The predicted octanol–water partition coefficient (Wildman–Crippen LogP) is 2.20. The van der Waals surface area contributed by atoms with Gasteiger partial charge < -0.3 is 25.4 Å². The molecule has 176 valence electrons. The molecule has 2 aliphatic rings. The van der Waals surface area contributed by atoms with Gasteiger partial charge in [0.1, 0.15) is 23.4 Å². The van der Waals surface area contributed by atoms with E-state index in [1.54, 1.807) is 41.0 Å². The van der Waals surface area contributed by atoms with Crippen molar-refractivity contribution in [1.82, 2.24) is 9.78 Å². The molecule has 3 N–H and O–H groups in total. The summed E-state index contributed by atoms with van der Waals surface area (Å²) in [6.07, 6.45) is 0.738. The van der Waals surface area contributed by atoms with Crippen molar-refractivity contribution in [3.05, 3.63) is 65.5 Å². The number of hydrogen-bond donors (Lipinski definition) is 2. The van der Waals surface area contributed by atoms with Crippen LogP contribution in [-0.4, -0.2) is 53.3 Å². The predicted molar refractivity (Wildman–Crippen MR) is 128 cm³/mol. The zero-order chi connectivity index (χ0) is 23.8. The van der Waals surface area contributed by atoms with E-state index in [0.717, 1.165) is 24.3 Å². The average Bonchev–Trinajstić information content (AvgIpc) is 3.25. The Morgan fingerprint density at radius 3 is 2.29 bits per heavy atom. The van der Waals surface area contributed by atoms with Crippen LogP contribution in [0.3, 0.4) is 0 Å². The first-order valence-corrected chi connectivity index (χ1v) is 11.3. The normalized spacial score (nSPS) is 17.0. The molecule has 2 aliphatic heterocycles. The molecule has 3 heterocycles. The molecule has 1 atom stereocenters. The molecule has 0 spiro atoms. The van der Waals surface area contributed by atoms with E-state index >= 15 is 0 Å². The smallest absolute Gasteiger partial charge is 0.277 e. The number of piperidine rings is 1. The average molecular weight is 462 g/mol. The summed E-state index contributed by atoms with van der Waals surface area (Å²) in [5.74, 6) is 0.725. The highest BCUT2D eigenvalue weighted by molar-refractivity contribution is 6.07. The summed E-state index contributed by atoms with van der Waals surface area (Å²) in [7, 11) is 1.59. The SMILES string of the molecule is COc1ccc(-n2nc(C(N)O)c3c2C(=O)N(c2ccc(N4CCCC(=O)C4)cc2)CC3)cc1. The number of Topliss-reactive ketones (excluding diaryl/α,β-unsaturated/α-hetero) is 1. The molecular weight excluding hydrogens is 434 g/mol. The topological polar surface area (TPSA) is 114 Å². The Morgan fingerprint density at radius 1 is 0.971 bits per heavy atom. The Kier molecular flexibility index (Phi) is 5.80. The summed E-state index contributed by atoms with van der Waals surface area (Å²) < 4.78 is 6.77. The molecule has 2 aromatic carbocycles. The molecule has 0 saturated carbocycles. The van der Waals surface area contributed by atoms with Gasteiger partial charge >= 0.3 is 0 Å². The van der Waals surface area contributed by atoms with Gasteiger partial charge in [-0.3, -0.25) is 9.59 Å². The lowest BCUT2D eigenvalue weighted by Crippen LogP contribution is -2.39. The minimum Gasteiger partial charge on any atom is -0.497 e. The number of hydrogen-bond acceptors (Lipinski definition) is 7. The van der Waals surface area contributed by atoms with Crippen molar-refractivity contribution in [2.75, 3.05) is 36.5 Å². The van der Waals surface area contributed by atoms with Crippen molar-refractivity contribution in [3.8, 4) is 11.4 Å². The first-order valence-electron chi connectivity index (χ1n) is 11.3. The molecule has 1 aromatic heterocycles. The van der Waals surface area contributed by atoms with Gasteiger partial charge in [0, 0.05) is 36.4 Å². The van der Waals surface area contributed by atoms with Gasteiger partial charge in [0.2, 0.25) is 0 Å². The maximum Gasteiger partial charge on any atom is 0.277 e. The van der Waals surface area contributed by atoms with Crippen molar-refractivity contribution in [2.24, 2.45) is 5.73 Å². The summed E-state index contributed by atoms with van der Waals surface area (Å²) in [5, 5.41) is 14.6. The third kappa shape index (κ3) is 3.93. The molecule has 9 nitrogen and oxygen atoms in total. The van der Waals surface area contributed by atoms with E-state index in [0.29, 0.717) is 54.3 Å². The fourth-order valence-electron chi connectivity index (χ4n) is 4.68. The molecule has 1 amide bonds. The summed E-state index contributed by atoms with van der Waals surface area (Å²) in [6, 6.07) is 14.9. The van der Waals surface area contributed by atoms with E-state index < -0.39 is 6.23 Å². The Labute approximate surface area is 197 Å². The molecule has 3 aromatic rings. The number of rotatable bonds is 5. The Hall–Kier alpha value is -3.69. The number of benzene rings is 2. The number of carbonyl (C=O) groups is 2. The molecule has 1 fully saturated rings. The first kappa shape index (κ1) is 22.1. The largest absolute Gasteiger partial charge is 0.497 e. The lowest BCUT2D eigenvalue weighted by Gasteiger charge is -2.30. The van der Waals surface area contributed by atoms with Crippen molar-refractivity contribution in [3.63, 3.8) is 0 Å². The van der Waals surface area contributed by atoms with E-state index in [1.165, 1.54) is 0 Å². The quantitative estimate of drug-likeness (QED) is 0.560.